The first-order valence-corrected chi connectivity index (χ1v) is 5.58. The molecular weight excluding hydrogens is 190 g/mol. The highest BCUT2D eigenvalue weighted by atomic mass is 16.3. The maximum Gasteiger partial charge on any atom is 0.105 e. The van der Waals surface area contributed by atoms with E-state index >= 15 is 0 Å². The predicted octanol–water partition coefficient (Wildman–Crippen LogP) is 2.15. The number of furan rings is 1. The van der Waals surface area contributed by atoms with Crippen molar-refractivity contribution >= 4 is 0 Å². The van der Waals surface area contributed by atoms with Crippen LogP contribution in [0.1, 0.15) is 36.8 Å². The summed E-state index contributed by atoms with van der Waals surface area (Å²) in [5.74, 6) is 1.94. The van der Waals surface area contributed by atoms with Crippen molar-refractivity contribution in [2.75, 3.05) is 6.54 Å². The van der Waals surface area contributed by atoms with Gasteiger partial charge in [-0.25, -0.2) is 0 Å². The van der Waals surface area contributed by atoms with Crippen LogP contribution in [-0.2, 0) is 6.54 Å². The summed E-state index contributed by atoms with van der Waals surface area (Å²) in [7, 11) is 0. The summed E-state index contributed by atoms with van der Waals surface area (Å²) in [5, 5.41) is 12.7. The average Bonchev–Trinajstić information content (AvgIpc) is 2.52. The van der Waals surface area contributed by atoms with E-state index in [0.29, 0.717) is 0 Å². The molecule has 1 unspecified atom stereocenters. The van der Waals surface area contributed by atoms with Gasteiger partial charge >= 0.3 is 0 Å². The van der Waals surface area contributed by atoms with E-state index in [1.807, 2.05) is 20.8 Å². The van der Waals surface area contributed by atoms with Crippen LogP contribution in [0.5, 0.6) is 0 Å². The Morgan fingerprint density at radius 3 is 2.73 bits per heavy atom. The minimum atomic E-state index is -0.176. The summed E-state index contributed by atoms with van der Waals surface area (Å²) >= 11 is 0. The number of hydrogen-bond acceptors (Lipinski definition) is 3. The zero-order valence-electron chi connectivity index (χ0n) is 9.84. The number of aryl methyl sites for hydroxylation is 2. The second-order valence-corrected chi connectivity index (χ2v) is 3.97. The van der Waals surface area contributed by atoms with Crippen molar-refractivity contribution in [3.63, 3.8) is 0 Å². The largest absolute Gasteiger partial charge is 0.466 e. The first kappa shape index (κ1) is 12.3. The maximum absolute atomic E-state index is 9.36. The van der Waals surface area contributed by atoms with Crippen molar-refractivity contribution in [2.45, 2.75) is 46.3 Å². The van der Waals surface area contributed by atoms with Crippen LogP contribution in [0, 0.1) is 13.8 Å². The lowest BCUT2D eigenvalue weighted by molar-refractivity contribution is 0.159. The van der Waals surface area contributed by atoms with Gasteiger partial charge in [0.25, 0.3) is 0 Å². The third-order valence-corrected chi connectivity index (χ3v) is 2.58. The van der Waals surface area contributed by atoms with E-state index in [2.05, 4.69) is 11.4 Å². The molecule has 0 saturated heterocycles. The van der Waals surface area contributed by atoms with E-state index in [1.54, 1.807) is 0 Å². The fourth-order valence-corrected chi connectivity index (χ4v) is 1.55. The monoisotopic (exact) mass is 211 g/mol. The fourth-order valence-electron chi connectivity index (χ4n) is 1.55. The van der Waals surface area contributed by atoms with E-state index in [9.17, 15) is 5.11 Å². The first-order valence-electron chi connectivity index (χ1n) is 5.58. The molecule has 3 heteroatoms. The van der Waals surface area contributed by atoms with Gasteiger partial charge in [0.1, 0.15) is 11.5 Å². The quantitative estimate of drug-likeness (QED) is 0.709. The molecule has 0 aliphatic heterocycles. The highest BCUT2D eigenvalue weighted by Gasteiger charge is 2.04. The van der Waals surface area contributed by atoms with Crippen molar-refractivity contribution in [1.82, 2.24) is 5.32 Å². The summed E-state index contributed by atoms with van der Waals surface area (Å²) in [5.41, 5.74) is 1.21. The van der Waals surface area contributed by atoms with Crippen LogP contribution >= 0.6 is 0 Å². The maximum atomic E-state index is 9.36. The van der Waals surface area contributed by atoms with E-state index in [-0.39, 0.29) is 6.10 Å². The Labute approximate surface area is 91.5 Å². The molecule has 86 valence electrons. The van der Waals surface area contributed by atoms with Gasteiger partial charge in [-0.3, -0.25) is 0 Å². The molecule has 0 amide bonds. The molecule has 0 aromatic carbocycles. The molecule has 0 saturated carbocycles. The van der Waals surface area contributed by atoms with Gasteiger partial charge in [-0.05, 0) is 39.3 Å². The number of rotatable bonds is 6. The summed E-state index contributed by atoms with van der Waals surface area (Å²) in [6.07, 6.45) is 1.46. The molecule has 0 aliphatic carbocycles. The van der Waals surface area contributed by atoms with Gasteiger partial charge in [-0.1, -0.05) is 6.92 Å². The van der Waals surface area contributed by atoms with Crippen LogP contribution in [0.4, 0.5) is 0 Å². The Bertz CT molecular complexity index is 294. The second kappa shape index (κ2) is 5.93. The number of hydrogen-bond donors (Lipinski definition) is 2. The average molecular weight is 211 g/mol. The Kier molecular flexibility index (Phi) is 4.85. The predicted molar refractivity (Wildman–Crippen MR) is 60.8 cm³/mol. The van der Waals surface area contributed by atoms with Crippen LogP contribution in [0.3, 0.4) is 0 Å². The van der Waals surface area contributed by atoms with Gasteiger partial charge in [0, 0.05) is 12.1 Å². The molecule has 0 radical (unpaired) electrons. The molecule has 2 N–H and O–H groups in total. The molecule has 0 fully saturated rings. The van der Waals surface area contributed by atoms with Crippen LogP contribution in [0.15, 0.2) is 10.5 Å². The van der Waals surface area contributed by atoms with Crippen LogP contribution in [0.2, 0.25) is 0 Å². The molecule has 0 bridgehead atoms. The normalized spacial score (nSPS) is 13.1. The van der Waals surface area contributed by atoms with Crippen molar-refractivity contribution < 1.29 is 9.52 Å². The Balaban J connectivity index is 2.23. The standard InChI is InChI=1S/C12H21NO2/c1-4-12(14)5-6-13-8-11-7-9(2)15-10(11)3/h7,12-14H,4-6,8H2,1-3H3. The third kappa shape index (κ3) is 4.06. The number of nitrogens with one attached hydrogen (secondary N) is 1. The molecule has 1 rings (SSSR count). The van der Waals surface area contributed by atoms with E-state index in [4.69, 9.17) is 4.42 Å². The number of aliphatic hydroxyl groups is 1. The summed E-state index contributed by atoms with van der Waals surface area (Å²) in [4.78, 5) is 0. The third-order valence-electron chi connectivity index (χ3n) is 2.58. The van der Waals surface area contributed by atoms with E-state index in [0.717, 1.165) is 37.5 Å². The second-order valence-electron chi connectivity index (χ2n) is 3.97. The lowest BCUT2D eigenvalue weighted by Crippen LogP contribution is -2.19. The lowest BCUT2D eigenvalue weighted by Gasteiger charge is -2.08. The molecular formula is C12H21NO2. The number of aliphatic hydroxyl groups excluding tert-OH is 1. The zero-order chi connectivity index (χ0) is 11.3. The molecule has 0 spiro atoms. The molecule has 3 nitrogen and oxygen atoms in total. The Morgan fingerprint density at radius 2 is 2.20 bits per heavy atom. The Morgan fingerprint density at radius 1 is 1.47 bits per heavy atom. The minimum Gasteiger partial charge on any atom is -0.466 e. The van der Waals surface area contributed by atoms with E-state index < -0.39 is 0 Å². The van der Waals surface area contributed by atoms with Crippen molar-refractivity contribution in [3.05, 3.63) is 23.2 Å². The van der Waals surface area contributed by atoms with Gasteiger partial charge < -0.3 is 14.8 Å². The van der Waals surface area contributed by atoms with Crippen molar-refractivity contribution in [1.29, 1.82) is 0 Å². The van der Waals surface area contributed by atoms with Gasteiger partial charge in [0.05, 0.1) is 6.10 Å². The molecule has 1 aromatic heterocycles. The van der Waals surface area contributed by atoms with Crippen LogP contribution in [0.25, 0.3) is 0 Å². The molecule has 1 heterocycles. The van der Waals surface area contributed by atoms with Gasteiger partial charge in [-0.2, -0.15) is 0 Å². The van der Waals surface area contributed by atoms with Crippen molar-refractivity contribution in [2.24, 2.45) is 0 Å². The topological polar surface area (TPSA) is 45.4 Å². The summed E-state index contributed by atoms with van der Waals surface area (Å²) in [6, 6.07) is 2.05. The first-order chi connectivity index (χ1) is 7.13. The molecule has 1 aromatic rings. The van der Waals surface area contributed by atoms with E-state index in [1.165, 1.54) is 5.56 Å². The van der Waals surface area contributed by atoms with Crippen molar-refractivity contribution in [3.8, 4) is 0 Å². The van der Waals surface area contributed by atoms with Crippen LogP contribution in [-0.4, -0.2) is 17.8 Å². The SMILES string of the molecule is CCC(O)CCNCc1cc(C)oc1C. The van der Waals surface area contributed by atoms with Gasteiger partial charge in [0.2, 0.25) is 0 Å². The Hall–Kier alpha value is -0.800. The van der Waals surface area contributed by atoms with Crippen LogP contribution < -0.4 is 5.32 Å². The summed E-state index contributed by atoms with van der Waals surface area (Å²) < 4.78 is 5.42. The molecule has 0 aliphatic rings. The molecule has 15 heavy (non-hydrogen) atoms. The highest BCUT2D eigenvalue weighted by molar-refractivity contribution is 5.19. The summed E-state index contributed by atoms with van der Waals surface area (Å²) in [6.45, 7) is 7.59. The minimum absolute atomic E-state index is 0.176. The van der Waals surface area contributed by atoms with Gasteiger partial charge in [0.15, 0.2) is 0 Å². The van der Waals surface area contributed by atoms with Gasteiger partial charge in [-0.15, -0.1) is 0 Å². The zero-order valence-corrected chi connectivity index (χ0v) is 9.84. The molecule has 1 atom stereocenters. The fraction of sp³-hybridized carbons (Fsp3) is 0.667. The lowest BCUT2D eigenvalue weighted by atomic mass is 10.2. The highest BCUT2D eigenvalue weighted by Crippen LogP contribution is 2.12. The smallest absolute Gasteiger partial charge is 0.105 e.